The molecule has 0 N–H and O–H groups in total. The van der Waals surface area contributed by atoms with Crippen molar-refractivity contribution in [1.29, 1.82) is 0 Å². The topological polar surface area (TPSA) is 76.6 Å². The molecule has 0 aromatic heterocycles. The first-order valence-corrected chi connectivity index (χ1v) is 12.9. The van der Waals surface area contributed by atoms with E-state index in [9.17, 15) is 14.4 Å². The van der Waals surface area contributed by atoms with E-state index < -0.39 is 5.54 Å². The molecule has 2 aromatic carbocycles. The number of likely N-dealkylation sites (tertiary alicyclic amines) is 1. The highest BCUT2D eigenvalue weighted by Crippen LogP contribution is 2.39. The number of anilines is 1. The number of ether oxygens (including phenoxy) is 1. The third-order valence-electron chi connectivity index (χ3n) is 7.98. The van der Waals surface area contributed by atoms with Gasteiger partial charge in [0, 0.05) is 50.5 Å². The number of nitrogens with zero attached hydrogens (tertiary/aromatic N) is 5. The summed E-state index contributed by atoms with van der Waals surface area (Å²) in [4.78, 5) is 49.9. The van der Waals surface area contributed by atoms with Gasteiger partial charge in [-0.15, -0.1) is 0 Å². The second-order valence-corrected chi connectivity index (χ2v) is 10.1. The number of hydrogen-bond donors (Lipinski definition) is 0. The van der Waals surface area contributed by atoms with Gasteiger partial charge < -0.3 is 29.2 Å². The smallest absolute Gasteiger partial charge is 0.253 e. The lowest BCUT2D eigenvalue weighted by molar-refractivity contribution is -0.141. The molecular formula is C28H35N5O4. The molecule has 3 aliphatic heterocycles. The Morgan fingerprint density at radius 3 is 2.14 bits per heavy atom. The maximum absolute atomic E-state index is 13.9. The van der Waals surface area contributed by atoms with Crippen LogP contribution >= 0.6 is 0 Å². The first-order chi connectivity index (χ1) is 17.9. The third kappa shape index (κ3) is 4.87. The van der Waals surface area contributed by atoms with Crippen molar-refractivity contribution in [2.45, 2.75) is 18.4 Å². The Morgan fingerprint density at radius 2 is 1.51 bits per heavy atom. The van der Waals surface area contributed by atoms with Crippen LogP contribution in [-0.4, -0.2) is 109 Å². The standard InChI is InChI=1S/C28H35N5O4/c1-29-16-18-30(19-17-29)25(34)20-32-21-33(23-6-4-3-5-7-23)28(27(32)36)12-14-31(15-13-28)26(35)22-8-10-24(37-2)11-9-22/h3-11H,12-21H2,1-2H3. The van der Waals surface area contributed by atoms with Crippen molar-refractivity contribution in [3.8, 4) is 5.75 Å². The van der Waals surface area contributed by atoms with Crippen LogP contribution in [0.25, 0.3) is 0 Å². The molecule has 3 saturated heterocycles. The number of piperidine rings is 1. The summed E-state index contributed by atoms with van der Waals surface area (Å²) in [6, 6.07) is 17.0. The summed E-state index contributed by atoms with van der Waals surface area (Å²) in [5.41, 5.74) is 0.801. The first kappa shape index (κ1) is 25.1. The number of likely N-dealkylation sites (N-methyl/N-ethyl adjacent to an activating group) is 1. The van der Waals surface area contributed by atoms with Gasteiger partial charge in [0.05, 0.1) is 13.8 Å². The van der Waals surface area contributed by atoms with Crippen LogP contribution in [0, 0.1) is 0 Å². The summed E-state index contributed by atoms with van der Waals surface area (Å²) in [7, 11) is 3.65. The van der Waals surface area contributed by atoms with E-state index in [1.807, 2.05) is 40.1 Å². The molecule has 0 radical (unpaired) electrons. The lowest BCUT2D eigenvalue weighted by Gasteiger charge is -2.43. The molecule has 0 unspecified atom stereocenters. The maximum Gasteiger partial charge on any atom is 0.253 e. The average molecular weight is 506 g/mol. The van der Waals surface area contributed by atoms with Crippen LogP contribution in [0.2, 0.25) is 0 Å². The van der Waals surface area contributed by atoms with Crippen molar-refractivity contribution in [1.82, 2.24) is 19.6 Å². The quantitative estimate of drug-likeness (QED) is 0.617. The Morgan fingerprint density at radius 1 is 0.865 bits per heavy atom. The van der Waals surface area contributed by atoms with Crippen LogP contribution in [0.1, 0.15) is 23.2 Å². The minimum absolute atomic E-state index is 0.00127. The van der Waals surface area contributed by atoms with Crippen molar-refractivity contribution in [2.24, 2.45) is 0 Å². The number of piperazine rings is 1. The number of carbonyl (C=O) groups excluding carboxylic acids is 3. The molecular weight excluding hydrogens is 470 g/mol. The molecule has 3 amide bonds. The summed E-state index contributed by atoms with van der Waals surface area (Å²) in [5.74, 6) is 0.640. The number of rotatable bonds is 5. The molecule has 0 saturated carbocycles. The highest BCUT2D eigenvalue weighted by atomic mass is 16.5. The van der Waals surface area contributed by atoms with Gasteiger partial charge in [0.2, 0.25) is 5.91 Å². The number of methoxy groups -OCH3 is 1. The molecule has 9 heteroatoms. The van der Waals surface area contributed by atoms with Gasteiger partial charge in [-0.3, -0.25) is 14.4 Å². The fourth-order valence-corrected chi connectivity index (χ4v) is 5.64. The van der Waals surface area contributed by atoms with Gasteiger partial charge in [-0.2, -0.15) is 0 Å². The summed E-state index contributed by atoms with van der Waals surface area (Å²) >= 11 is 0. The van der Waals surface area contributed by atoms with Gasteiger partial charge in [-0.05, 0) is 56.3 Å². The monoisotopic (exact) mass is 505 g/mol. The minimum atomic E-state index is -0.763. The lowest BCUT2D eigenvalue weighted by atomic mass is 9.85. The molecule has 5 rings (SSSR count). The number of hydrogen-bond acceptors (Lipinski definition) is 6. The Balaban J connectivity index is 1.32. The Bertz CT molecular complexity index is 1120. The molecule has 3 aliphatic rings. The summed E-state index contributed by atoms with van der Waals surface area (Å²) < 4.78 is 5.20. The number of carbonyl (C=O) groups is 3. The molecule has 2 aromatic rings. The second kappa shape index (κ2) is 10.4. The number of amides is 3. The molecule has 0 bridgehead atoms. The highest BCUT2D eigenvalue weighted by Gasteiger charge is 2.54. The highest BCUT2D eigenvalue weighted by molar-refractivity contribution is 5.97. The summed E-state index contributed by atoms with van der Waals surface area (Å²) in [6.07, 6.45) is 1.03. The molecule has 9 nitrogen and oxygen atoms in total. The van der Waals surface area contributed by atoms with E-state index in [0.717, 1.165) is 18.8 Å². The molecule has 37 heavy (non-hydrogen) atoms. The van der Waals surface area contributed by atoms with Crippen molar-refractivity contribution in [2.75, 3.05) is 71.5 Å². The summed E-state index contributed by atoms with van der Waals surface area (Å²) in [6.45, 7) is 4.47. The third-order valence-corrected chi connectivity index (χ3v) is 7.98. The van der Waals surface area contributed by atoms with Crippen molar-refractivity contribution >= 4 is 23.4 Å². The normalized spacial score (nSPS) is 20.0. The van der Waals surface area contributed by atoms with E-state index in [4.69, 9.17) is 4.74 Å². The van der Waals surface area contributed by atoms with E-state index in [1.54, 1.807) is 36.3 Å². The van der Waals surface area contributed by atoms with Crippen LogP contribution in [-0.2, 0) is 9.59 Å². The van der Waals surface area contributed by atoms with Gasteiger partial charge in [0.1, 0.15) is 17.8 Å². The SMILES string of the molecule is COc1ccc(C(=O)N2CCC3(CC2)C(=O)N(CC(=O)N2CCN(C)CC2)CN3c2ccccc2)cc1. The van der Waals surface area contributed by atoms with Crippen LogP contribution in [0.3, 0.4) is 0 Å². The zero-order valence-electron chi connectivity index (χ0n) is 21.6. The van der Waals surface area contributed by atoms with Gasteiger partial charge in [-0.25, -0.2) is 0 Å². The molecule has 1 spiro atoms. The van der Waals surface area contributed by atoms with Crippen LogP contribution in [0.4, 0.5) is 5.69 Å². The molecule has 0 aliphatic carbocycles. The van der Waals surface area contributed by atoms with E-state index in [2.05, 4.69) is 16.8 Å². The van der Waals surface area contributed by atoms with E-state index in [0.29, 0.717) is 57.0 Å². The fourth-order valence-electron chi connectivity index (χ4n) is 5.64. The van der Waals surface area contributed by atoms with Gasteiger partial charge in [0.15, 0.2) is 0 Å². The van der Waals surface area contributed by atoms with Crippen LogP contribution < -0.4 is 9.64 Å². The Kier molecular flexibility index (Phi) is 7.06. The second-order valence-electron chi connectivity index (χ2n) is 10.1. The van der Waals surface area contributed by atoms with E-state index in [-0.39, 0.29) is 24.3 Å². The maximum atomic E-state index is 13.9. The first-order valence-electron chi connectivity index (χ1n) is 12.9. The predicted molar refractivity (Wildman–Crippen MR) is 140 cm³/mol. The number of benzene rings is 2. The summed E-state index contributed by atoms with van der Waals surface area (Å²) in [5, 5.41) is 0. The fraction of sp³-hybridized carbons (Fsp3) is 0.464. The zero-order chi connectivity index (χ0) is 26.0. The Hall–Kier alpha value is -3.59. The van der Waals surface area contributed by atoms with Crippen LogP contribution in [0.5, 0.6) is 5.75 Å². The van der Waals surface area contributed by atoms with Crippen LogP contribution in [0.15, 0.2) is 54.6 Å². The molecule has 3 heterocycles. The van der Waals surface area contributed by atoms with Gasteiger partial charge in [0.25, 0.3) is 11.8 Å². The molecule has 196 valence electrons. The van der Waals surface area contributed by atoms with E-state index >= 15 is 0 Å². The number of para-hydroxylation sites is 1. The van der Waals surface area contributed by atoms with Crippen molar-refractivity contribution in [3.05, 3.63) is 60.2 Å². The average Bonchev–Trinajstić information content (AvgIpc) is 3.20. The van der Waals surface area contributed by atoms with Gasteiger partial charge in [-0.1, -0.05) is 18.2 Å². The van der Waals surface area contributed by atoms with E-state index in [1.165, 1.54) is 0 Å². The predicted octanol–water partition coefficient (Wildman–Crippen LogP) is 1.75. The zero-order valence-corrected chi connectivity index (χ0v) is 21.6. The molecule has 0 atom stereocenters. The molecule has 3 fully saturated rings. The minimum Gasteiger partial charge on any atom is -0.497 e. The van der Waals surface area contributed by atoms with Crippen molar-refractivity contribution < 1.29 is 19.1 Å². The largest absolute Gasteiger partial charge is 0.497 e. The van der Waals surface area contributed by atoms with Crippen molar-refractivity contribution in [3.63, 3.8) is 0 Å². The Labute approximate surface area is 218 Å². The lowest BCUT2D eigenvalue weighted by Crippen LogP contribution is -2.57. The van der Waals surface area contributed by atoms with Gasteiger partial charge >= 0.3 is 0 Å².